The van der Waals surface area contributed by atoms with Crippen LogP contribution >= 0.6 is 0 Å². The zero-order valence-electron chi connectivity index (χ0n) is 12.5. The van der Waals surface area contributed by atoms with Gasteiger partial charge in [0.05, 0.1) is 18.0 Å². The number of aliphatic imine (C=N–C) groups is 1. The number of halogens is 1. The third kappa shape index (κ3) is 3.08. The summed E-state index contributed by atoms with van der Waals surface area (Å²) in [5, 5.41) is 0. The number of guanidine groups is 1. The summed E-state index contributed by atoms with van der Waals surface area (Å²) in [7, 11) is 0. The Balaban J connectivity index is 2.39. The van der Waals surface area contributed by atoms with Gasteiger partial charge in [-0.15, -0.1) is 0 Å². The van der Waals surface area contributed by atoms with Gasteiger partial charge in [0.2, 0.25) is 0 Å². The molecule has 1 aliphatic rings. The Bertz CT molecular complexity index is 638. The first-order chi connectivity index (χ1) is 10.3. The predicted molar refractivity (Wildman–Crippen MR) is 80.4 cm³/mol. The summed E-state index contributed by atoms with van der Waals surface area (Å²) in [5.41, 5.74) is 10.9. The Kier molecular flexibility index (Phi) is 4.44. The van der Waals surface area contributed by atoms with Crippen molar-refractivity contribution in [1.82, 2.24) is 4.90 Å². The van der Waals surface area contributed by atoms with Gasteiger partial charge in [0.1, 0.15) is 5.82 Å². The number of benzene rings is 1. The molecule has 0 saturated carbocycles. The van der Waals surface area contributed by atoms with Crippen molar-refractivity contribution in [2.75, 3.05) is 6.54 Å². The zero-order valence-corrected chi connectivity index (χ0v) is 12.5. The summed E-state index contributed by atoms with van der Waals surface area (Å²) in [6.45, 7) is 4.32. The van der Waals surface area contributed by atoms with Crippen molar-refractivity contribution in [2.24, 2.45) is 22.4 Å². The Morgan fingerprint density at radius 2 is 2.09 bits per heavy atom. The van der Waals surface area contributed by atoms with Crippen molar-refractivity contribution < 1.29 is 14.0 Å². The number of fused-ring (bicyclic) bond motifs is 1. The van der Waals surface area contributed by atoms with Crippen LogP contribution in [0.4, 0.5) is 4.39 Å². The molecule has 0 aromatic heterocycles. The second kappa shape index (κ2) is 6.13. The molecule has 22 heavy (non-hydrogen) atoms. The van der Waals surface area contributed by atoms with Gasteiger partial charge in [0.25, 0.3) is 11.8 Å². The molecule has 0 saturated heterocycles. The number of nitrogens with two attached hydrogens (primary N) is 2. The van der Waals surface area contributed by atoms with Crippen LogP contribution in [0.15, 0.2) is 23.2 Å². The lowest BCUT2D eigenvalue weighted by Gasteiger charge is -2.26. The molecule has 1 aromatic rings. The SMILES string of the molecule is CC(C)CN1C(=O)c2c(F)cccc2C1CC(=O)N=C(N)N. The fraction of sp³-hybridized carbons (Fsp3) is 0.400. The van der Waals surface area contributed by atoms with E-state index in [0.29, 0.717) is 12.1 Å². The fourth-order valence-electron chi connectivity index (χ4n) is 2.68. The molecule has 1 heterocycles. The standard InChI is InChI=1S/C15H19FN4O2/c1-8(2)7-20-11(6-12(21)19-15(17)18)9-4-3-5-10(16)13(9)14(20)22/h3-5,8,11H,6-7H2,1-2H3,(H4,17,18,19,21). The second-order valence-electron chi connectivity index (χ2n) is 5.71. The van der Waals surface area contributed by atoms with Gasteiger partial charge in [0, 0.05) is 6.54 Å². The third-order valence-electron chi connectivity index (χ3n) is 3.44. The van der Waals surface area contributed by atoms with Crippen LogP contribution in [-0.2, 0) is 4.79 Å². The van der Waals surface area contributed by atoms with Gasteiger partial charge in [-0.3, -0.25) is 9.59 Å². The van der Waals surface area contributed by atoms with Crippen LogP contribution in [0.1, 0.15) is 42.2 Å². The second-order valence-corrected chi connectivity index (χ2v) is 5.71. The minimum atomic E-state index is -0.576. The van der Waals surface area contributed by atoms with Crippen LogP contribution in [0.25, 0.3) is 0 Å². The summed E-state index contributed by atoms with van der Waals surface area (Å²) in [5.74, 6) is -1.66. The summed E-state index contributed by atoms with van der Waals surface area (Å²) >= 11 is 0. The van der Waals surface area contributed by atoms with Gasteiger partial charge in [-0.05, 0) is 17.5 Å². The first kappa shape index (κ1) is 15.9. The highest BCUT2D eigenvalue weighted by molar-refractivity contribution is 6.00. The minimum Gasteiger partial charge on any atom is -0.370 e. The highest BCUT2D eigenvalue weighted by Crippen LogP contribution is 2.37. The predicted octanol–water partition coefficient (Wildman–Crippen LogP) is 1.17. The third-order valence-corrected chi connectivity index (χ3v) is 3.44. The van der Waals surface area contributed by atoms with E-state index >= 15 is 0 Å². The smallest absolute Gasteiger partial charge is 0.257 e. The van der Waals surface area contributed by atoms with Crippen molar-refractivity contribution in [3.05, 3.63) is 35.1 Å². The van der Waals surface area contributed by atoms with Crippen LogP contribution in [0, 0.1) is 11.7 Å². The molecular weight excluding hydrogens is 287 g/mol. The number of rotatable bonds is 4. The van der Waals surface area contributed by atoms with Crippen molar-refractivity contribution in [3.63, 3.8) is 0 Å². The van der Waals surface area contributed by atoms with E-state index in [9.17, 15) is 14.0 Å². The molecule has 2 rings (SSSR count). The molecule has 1 atom stereocenters. The van der Waals surface area contributed by atoms with E-state index in [-0.39, 0.29) is 23.9 Å². The largest absolute Gasteiger partial charge is 0.370 e. The minimum absolute atomic E-state index is 0.0330. The summed E-state index contributed by atoms with van der Waals surface area (Å²) in [6, 6.07) is 3.88. The average Bonchev–Trinajstić information content (AvgIpc) is 2.64. The first-order valence-electron chi connectivity index (χ1n) is 7.03. The zero-order chi connectivity index (χ0) is 16.4. The first-order valence-corrected chi connectivity index (χ1v) is 7.03. The Morgan fingerprint density at radius 3 is 2.68 bits per heavy atom. The maximum Gasteiger partial charge on any atom is 0.257 e. The molecule has 7 heteroatoms. The molecule has 0 radical (unpaired) electrons. The highest BCUT2D eigenvalue weighted by Gasteiger charge is 2.39. The van der Waals surface area contributed by atoms with E-state index < -0.39 is 23.7 Å². The molecule has 2 amide bonds. The fourth-order valence-corrected chi connectivity index (χ4v) is 2.68. The molecule has 0 spiro atoms. The molecule has 4 N–H and O–H groups in total. The van der Waals surface area contributed by atoms with E-state index in [4.69, 9.17) is 11.5 Å². The number of hydrogen-bond acceptors (Lipinski definition) is 2. The van der Waals surface area contributed by atoms with Gasteiger partial charge in [-0.2, -0.15) is 4.99 Å². The van der Waals surface area contributed by atoms with Crippen LogP contribution in [0.2, 0.25) is 0 Å². The van der Waals surface area contributed by atoms with Crippen molar-refractivity contribution in [2.45, 2.75) is 26.3 Å². The lowest BCUT2D eigenvalue weighted by molar-refractivity contribution is -0.118. The summed E-state index contributed by atoms with van der Waals surface area (Å²) in [4.78, 5) is 29.3. The highest BCUT2D eigenvalue weighted by atomic mass is 19.1. The quantitative estimate of drug-likeness (QED) is 0.644. The summed E-state index contributed by atoms with van der Waals surface area (Å²) < 4.78 is 14.0. The van der Waals surface area contributed by atoms with Crippen LogP contribution in [0.5, 0.6) is 0 Å². The maximum atomic E-state index is 14.0. The number of hydrogen-bond donors (Lipinski definition) is 2. The van der Waals surface area contributed by atoms with E-state index in [2.05, 4.69) is 4.99 Å². The monoisotopic (exact) mass is 306 g/mol. The van der Waals surface area contributed by atoms with Crippen LogP contribution < -0.4 is 11.5 Å². The topological polar surface area (TPSA) is 102 Å². The van der Waals surface area contributed by atoms with Crippen molar-refractivity contribution in [1.29, 1.82) is 0 Å². The Morgan fingerprint density at radius 1 is 1.41 bits per heavy atom. The average molecular weight is 306 g/mol. The Labute approximate surface area is 128 Å². The number of carbonyl (C=O) groups is 2. The van der Waals surface area contributed by atoms with Gasteiger partial charge in [-0.1, -0.05) is 26.0 Å². The Hall–Kier alpha value is -2.44. The summed E-state index contributed by atoms with van der Waals surface area (Å²) in [6.07, 6.45) is -0.0766. The number of nitrogens with zero attached hydrogens (tertiary/aromatic N) is 2. The van der Waals surface area contributed by atoms with Crippen LogP contribution in [0.3, 0.4) is 0 Å². The van der Waals surface area contributed by atoms with E-state index in [1.165, 1.54) is 17.0 Å². The van der Waals surface area contributed by atoms with Crippen molar-refractivity contribution >= 4 is 17.8 Å². The molecule has 0 fully saturated rings. The molecule has 6 nitrogen and oxygen atoms in total. The number of carbonyl (C=O) groups excluding carboxylic acids is 2. The van der Waals surface area contributed by atoms with E-state index in [1.807, 2.05) is 13.8 Å². The maximum absolute atomic E-state index is 14.0. The van der Waals surface area contributed by atoms with Crippen LogP contribution in [-0.4, -0.2) is 29.2 Å². The molecule has 1 aromatic carbocycles. The van der Waals surface area contributed by atoms with E-state index in [1.54, 1.807) is 6.07 Å². The van der Waals surface area contributed by atoms with Crippen molar-refractivity contribution in [3.8, 4) is 0 Å². The molecule has 0 bridgehead atoms. The molecule has 1 aliphatic heterocycles. The molecule has 1 unspecified atom stereocenters. The lowest BCUT2D eigenvalue weighted by atomic mass is 10.0. The van der Waals surface area contributed by atoms with Gasteiger partial charge in [0.15, 0.2) is 5.96 Å². The molecular formula is C15H19FN4O2. The molecule has 0 aliphatic carbocycles. The van der Waals surface area contributed by atoms with Gasteiger partial charge < -0.3 is 16.4 Å². The normalized spacial score (nSPS) is 16.8. The van der Waals surface area contributed by atoms with Gasteiger partial charge >= 0.3 is 0 Å². The lowest BCUT2D eigenvalue weighted by Crippen LogP contribution is -2.33. The van der Waals surface area contributed by atoms with Gasteiger partial charge in [-0.25, -0.2) is 4.39 Å². The molecule has 118 valence electrons. The van der Waals surface area contributed by atoms with E-state index in [0.717, 1.165) is 0 Å². The number of amides is 2.